The number of para-hydroxylation sites is 5. The lowest BCUT2D eigenvalue weighted by atomic mass is 9.44. The summed E-state index contributed by atoms with van der Waals surface area (Å²) in [4.78, 5) is 2.52. The Kier molecular flexibility index (Phi) is 4.77. The van der Waals surface area contributed by atoms with Crippen molar-refractivity contribution in [1.29, 1.82) is 0 Å². The zero-order valence-corrected chi connectivity index (χ0v) is 26.3. The van der Waals surface area contributed by atoms with Crippen molar-refractivity contribution in [2.24, 2.45) is 0 Å². The standard InChI is InChI=1S/C44H26BN3O/c1-3-13-27(14-4-1)46-36-22-9-7-17-29(36)33-25-39-34(26-38(33)46)30-19-11-21-35-42(30)47(39)37-23-12-20-32-41(37)45(35)48(28-15-5-2-6-16-28)43-31-18-8-10-24-40(31)49-44(32)43/h1-26H. The number of fused-ring (bicyclic) bond motifs is 12. The summed E-state index contributed by atoms with van der Waals surface area (Å²) in [6.07, 6.45) is 0. The van der Waals surface area contributed by atoms with Crippen LogP contribution in [0.25, 0.3) is 77.3 Å². The van der Waals surface area contributed by atoms with Gasteiger partial charge in [-0.3, -0.25) is 0 Å². The summed E-state index contributed by atoms with van der Waals surface area (Å²) in [5.41, 5.74) is 14.2. The second-order valence-electron chi connectivity index (χ2n) is 13.3. The molecule has 0 saturated carbocycles. The normalized spacial score (nSPS) is 13.2. The lowest BCUT2D eigenvalue weighted by Crippen LogP contribution is -2.60. The Morgan fingerprint density at radius 1 is 0.469 bits per heavy atom. The molecule has 10 aromatic rings. The van der Waals surface area contributed by atoms with Crippen LogP contribution >= 0.6 is 0 Å². The number of furan rings is 1. The molecule has 0 N–H and O–H groups in total. The third-order valence-corrected chi connectivity index (χ3v) is 10.9. The summed E-state index contributed by atoms with van der Waals surface area (Å²) in [6.45, 7) is -0.0315. The minimum atomic E-state index is -0.0315. The zero-order valence-electron chi connectivity index (χ0n) is 26.3. The van der Waals surface area contributed by atoms with Crippen LogP contribution in [0.1, 0.15) is 0 Å². The number of hydrogen-bond donors (Lipinski definition) is 0. The van der Waals surface area contributed by atoms with E-state index < -0.39 is 0 Å². The molecule has 12 rings (SSSR count). The number of anilines is 2. The van der Waals surface area contributed by atoms with Crippen molar-refractivity contribution >= 4 is 83.7 Å². The van der Waals surface area contributed by atoms with Crippen LogP contribution in [0.5, 0.6) is 0 Å². The molecule has 0 fully saturated rings. The highest BCUT2D eigenvalue weighted by Gasteiger charge is 2.45. The molecule has 4 nitrogen and oxygen atoms in total. The van der Waals surface area contributed by atoms with Gasteiger partial charge < -0.3 is 18.4 Å². The van der Waals surface area contributed by atoms with Crippen molar-refractivity contribution in [3.05, 3.63) is 158 Å². The van der Waals surface area contributed by atoms with E-state index in [1.54, 1.807) is 0 Å². The monoisotopic (exact) mass is 623 g/mol. The van der Waals surface area contributed by atoms with E-state index in [0.29, 0.717) is 0 Å². The van der Waals surface area contributed by atoms with Crippen molar-refractivity contribution in [3.8, 4) is 22.7 Å². The third-order valence-electron chi connectivity index (χ3n) is 10.9. The van der Waals surface area contributed by atoms with Crippen molar-refractivity contribution in [2.75, 3.05) is 4.81 Å². The molecule has 0 saturated heterocycles. The Morgan fingerprint density at radius 2 is 1.12 bits per heavy atom. The minimum Gasteiger partial charge on any atom is -0.454 e. The first kappa shape index (κ1) is 25.6. The molecule has 0 spiro atoms. The number of hydrogen-bond acceptors (Lipinski definition) is 2. The summed E-state index contributed by atoms with van der Waals surface area (Å²) in [5.74, 6) is 0.929. The van der Waals surface area contributed by atoms with Gasteiger partial charge in [0.25, 0.3) is 0 Å². The highest BCUT2D eigenvalue weighted by atomic mass is 16.3. The molecule has 2 aliphatic heterocycles. The Bertz CT molecular complexity index is 3010. The maximum Gasteiger partial charge on any atom is 0.333 e. The molecular formula is C44H26BN3O. The van der Waals surface area contributed by atoms with Crippen molar-refractivity contribution in [1.82, 2.24) is 9.13 Å². The summed E-state index contributed by atoms with van der Waals surface area (Å²) >= 11 is 0. The first-order valence-electron chi connectivity index (χ1n) is 16.9. The highest BCUT2D eigenvalue weighted by molar-refractivity contribution is 6.93. The fourth-order valence-corrected chi connectivity index (χ4v) is 8.99. The van der Waals surface area contributed by atoms with E-state index in [-0.39, 0.29) is 6.85 Å². The van der Waals surface area contributed by atoms with E-state index in [1.807, 2.05) is 0 Å². The van der Waals surface area contributed by atoms with Gasteiger partial charge in [-0.05, 0) is 71.6 Å². The number of aromatic nitrogens is 2. The van der Waals surface area contributed by atoms with Gasteiger partial charge in [-0.1, -0.05) is 97.1 Å². The molecule has 2 aliphatic rings. The van der Waals surface area contributed by atoms with Crippen molar-refractivity contribution in [2.45, 2.75) is 0 Å². The van der Waals surface area contributed by atoms with E-state index in [2.05, 4.69) is 172 Å². The molecule has 49 heavy (non-hydrogen) atoms. The minimum absolute atomic E-state index is 0.0315. The maximum absolute atomic E-state index is 6.77. The van der Waals surface area contributed by atoms with Crippen LogP contribution in [0.2, 0.25) is 0 Å². The molecule has 5 heteroatoms. The largest absolute Gasteiger partial charge is 0.454 e. The average Bonchev–Trinajstić information content (AvgIpc) is 3.82. The second-order valence-corrected chi connectivity index (χ2v) is 13.3. The van der Waals surface area contributed by atoms with Gasteiger partial charge in [0.1, 0.15) is 5.58 Å². The second kappa shape index (κ2) is 9.12. The van der Waals surface area contributed by atoms with Crippen LogP contribution in [0, 0.1) is 0 Å². The molecule has 3 aromatic heterocycles. The van der Waals surface area contributed by atoms with Crippen molar-refractivity contribution < 1.29 is 4.42 Å². The van der Waals surface area contributed by atoms with Crippen LogP contribution in [-0.2, 0) is 0 Å². The van der Waals surface area contributed by atoms with E-state index in [0.717, 1.165) is 33.7 Å². The number of benzene rings is 7. The van der Waals surface area contributed by atoms with Gasteiger partial charge in [-0.2, -0.15) is 0 Å². The Balaban J connectivity index is 1.25. The molecule has 0 aliphatic carbocycles. The van der Waals surface area contributed by atoms with Crippen LogP contribution < -0.4 is 15.7 Å². The van der Waals surface area contributed by atoms with Gasteiger partial charge in [0.2, 0.25) is 0 Å². The lowest BCUT2D eigenvalue weighted by Gasteiger charge is -2.40. The van der Waals surface area contributed by atoms with Crippen molar-refractivity contribution in [3.63, 3.8) is 0 Å². The smallest absolute Gasteiger partial charge is 0.333 e. The van der Waals surface area contributed by atoms with Gasteiger partial charge in [0.15, 0.2) is 5.76 Å². The van der Waals surface area contributed by atoms with Gasteiger partial charge in [-0.15, -0.1) is 0 Å². The topological polar surface area (TPSA) is 26.2 Å². The van der Waals surface area contributed by atoms with E-state index in [4.69, 9.17) is 4.42 Å². The Morgan fingerprint density at radius 3 is 1.96 bits per heavy atom. The van der Waals surface area contributed by atoms with Gasteiger partial charge in [-0.25, -0.2) is 0 Å². The molecule has 0 radical (unpaired) electrons. The first-order chi connectivity index (χ1) is 24.3. The number of nitrogens with zero attached hydrogens (tertiary/aromatic N) is 3. The fourth-order valence-electron chi connectivity index (χ4n) is 8.99. The SMILES string of the molecule is c1ccc(N2B3c4c(cccc4-n4c5cc6c7ccccc7n(-c7ccccc7)c6cc5c5cccc3c54)-c3oc4ccccc4c32)cc1. The molecule has 0 unspecified atom stereocenters. The maximum atomic E-state index is 6.77. The molecule has 7 aromatic carbocycles. The quantitative estimate of drug-likeness (QED) is 0.179. The summed E-state index contributed by atoms with van der Waals surface area (Å²) in [7, 11) is 0. The van der Waals surface area contributed by atoms with Crippen LogP contribution in [0.15, 0.2) is 162 Å². The average molecular weight is 624 g/mol. The molecular weight excluding hydrogens is 597 g/mol. The Labute approximate surface area is 281 Å². The van der Waals surface area contributed by atoms with Crippen LogP contribution in [0.4, 0.5) is 11.4 Å². The van der Waals surface area contributed by atoms with Crippen LogP contribution in [0.3, 0.4) is 0 Å². The van der Waals surface area contributed by atoms with E-state index >= 15 is 0 Å². The van der Waals surface area contributed by atoms with Gasteiger partial charge >= 0.3 is 6.85 Å². The number of rotatable bonds is 2. The van der Waals surface area contributed by atoms with Gasteiger partial charge in [0.05, 0.1) is 27.8 Å². The predicted octanol–water partition coefficient (Wildman–Crippen LogP) is 9.86. The van der Waals surface area contributed by atoms with Crippen LogP contribution in [-0.4, -0.2) is 16.0 Å². The predicted molar refractivity (Wildman–Crippen MR) is 204 cm³/mol. The summed E-state index contributed by atoms with van der Waals surface area (Å²) in [5, 5.41) is 6.17. The Hall–Kier alpha value is -6.46. The fraction of sp³-hybridized carbons (Fsp3) is 0. The highest BCUT2D eigenvalue weighted by Crippen LogP contribution is 2.49. The summed E-state index contributed by atoms with van der Waals surface area (Å²) in [6, 6.07) is 57.3. The molecule has 0 atom stereocenters. The molecule has 5 heterocycles. The molecule has 0 amide bonds. The lowest BCUT2D eigenvalue weighted by molar-refractivity contribution is 0.632. The molecule has 226 valence electrons. The third kappa shape index (κ3) is 3.15. The molecule has 0 bridgehead atoms. The van der Waals surface area contributed by atoms with Gasteiger partial charge in [0, 0.05) is 49.6 Å². The zero-order chi connectivity index (χ0) is 31.8. The van der Waals surface area contributed by atoms with E-state index in [1.165, 1.54) is 65.9 Å². The first-order valence-corrected chi connectivity index (χ1v) is 16.9. The summed E-state index contributed by atoms with van der Waals surface area (Å²) < 4.78 is 11.7. The van der Waals surface area contributed by atoms with E-state index in [9.17, 15) is 0 Å².